The fourth-order valence-electron chi connectivity index (χ4n) is 8.94. The summed E-state index contributed by atoms with van der Waals surface area (Å²) >= 11 is 0. The summed E-state index contributed by atoms with van der Waals surface area (Å²) in [7, 11) is 12.6. The van der Waals surface area contributed by atoms with E-state index in [1.807, 2.05) is 60.7 Å². The van der Waals surface area contributed by atoms with Crippen molar-refractivity contribution in [2.45, 2.75) is 31.1 Å². The summed E-state index contributed by atoms with van der Waals surface area (Å²) in [5, 5.41) is 30.3. The van der Waals surface area contributed by atoms with Gasteiger partial charge in [-0.3, -0.25) is 0 Å². The van der Waals surface area contributed by atoms with Crippen LogP contribution in [0.4, 0.5) is 0 Å². The standard InChI is InChI=1S/C47H46N2O10/c1-52-30-13-9-26(10-14-30)34-24-38(44-40(56-5)20-32(54-3)21-41(44)57-6)48(50)46-29-17-28(18-36(34)46)47-37(19-29)35(27-11-15-31(53-2)16-12-27)25-39(49(47)51)45-42(58-7)22-33(55-4)23-43(45)59-8/h9-16,20-25,28-29H,17-19H2,1-8H3. The second-order valence-electron chi connectivity index (χ2n) is 14.5. The first-order valence-corrected chi connectivity index (χ1v) is 19.2. The maximum absolute atomic E-state index is 15.2. The lowest BCUT2D eigenvalue weighted by Crippen LogP contribution is -2.46. The van der Waals surface area contributed by atoms with Crippen molar-refractivity contribution in [3.8, 4) is 90.8 Å². The summed E-state index contributed by atoms with van der Waals surface area (Å²) < 4.78 is 47.7. The molecule has 2 aliphatic carbocycles. The molecule has 0 saturated heterocycles. The topological polar surface area (TPSA) is 128 Å². The van der Waals surface area contributed by atoms with Crippen molar-refractivity contribution in [1.29, 1.82) is 0 Å². The molecule has 12 nitrogen and oxygen atoms in total. The average Bonchev–Trinajstić information content (AvgIpc) is 3.28. The maximum atomic E-state index is 15.2. The molecule has 4 aromatic carbocycles. The van der Waals surface area contributed by atoms with Gasteiger partial charge in [-0.1, -0.05) is 24.3 Å². The molecular weight excluding hydrogens is 753 g/mol. The van der Waals surface area contributed by atoms with E-state index in [0.717, 1.165) is 42.8 Å². The Labute approximate surface area is 343 Å². The number of benzene rings is 4. The summed E-state index contributed by atoms with van der Waals surface area (Å²) in [4.78, 5) is 0. The van der Waals surface area contributed by atoms with E-state index in [1.54, 1.807) is 81.1 Å². The highest BCUT2D eigenvalue weighted by atomic mass is 16.5. The van der Waals surface area contributed by atoms with Gasteiger partial charge in [0.05, 0.1) is 68.7 Å². The fraction of sp³-hybridized carbons (Fsp3) is 0.277. The highest BCUT2D eigenvalue weighted by Crippen LogP contribution is 2.52. The Morgan fingerprint density at radius 3 is 1.03 bits per heavy atom. The second-order valence-corrected chi connectivity index (χ2v) is 14.5. The maximum Gasteiger partial charge on any atom is 0.232 e. The predicted octanol–water partition coefficient (Wildman–Crippen LogP) is 8.06. The van der Waals surface area contributed by atoms with Crippen molar-refractivity contribution in [3.05, 3.63) is 118 Å². The van der Waals surface area contributed by atoms with E-state index < -0.39 is 0 Å². The van der Waals surface area contributed by atoms with E-state index in [-0.39, 0.29) is 11.8 Å². The molecule has 6 aromatic rings. The highest BCUT2D eigenvalue weighted by molar-refractivity contribution is 5.82. The summed E-state index contributed by atoms with van der Waals surface area (Å²) in [6.45, 7) is 0. The Bertz CT molecular complexity index is 2330. The van der Waals surface area contributed by atoms with Gasteiger partial charge in [-0.2, -0.15) is 9.46 Å². The van der Waals surface area contributed by atoms with Crippen LogP contribution < -0.4 is 47.4 Å². The van der Waals surface area contributed by atoms with Crippen molar-refractivity contribution in [2.75, 3.05) is 56.9 Å². The van der Waals surface area contributed by atoms with Crippen molar-refractivity contribution >= 4 is 0 Å². The smallest absolute Gasteiger partial charge is 0.232 e. The lowest BCUT2D eigenvalue weighted by molar-refractivity contribution is -0.610. The minimum atomic E-state index is -0.242. The SMILES string of the molecule is COc1ccc(-c2cc(-c3c(OC)cc(OC)cc3OC)[n+]([O-])c3c2CC2CC3Cc3c(-c4ccc(OC)cc4)cc(-c4c(OC)cc(OC)cc4OC)[n+]([O-])c32)cc1. The number of ether oxygens (including phenoxy) is 8. The molecule has 2 atom stereocenters. The van der Waals surface area contributed by atoms with E-state index in [9.17, 15) is 0 Å². The Hall–Kier alpha value is -6.82. The number of nitrogens with zero attached hydrogens (tertiary/aromatic N) is 2. The molecule has 2 bridgehead atoms. The number of fused-ring (bicyclic) bond motifs is 6. The molecule has 2 unspecified atom stereocenters. The van der Waals surface area contributed by atoms with Gasteiger partial charge in [0.2, 0.25) is 22.8 Å². The molecule has 2 aromatic heterocycles. The highest BCUT2D eigenvalue weighted by Gasteiger charge is 2.47. The normalized spacial score (nSPS) is 15.1. The number of aromatic nitrogens is 2. The summed E-state index contributed by atoms with van der Waals surface area (Å²) in [6, 6.07) is 26.4. The largest absolute Gasteiger partial charge is 0.618 e. The Balaban J connectivity index is 1.40. The van der Waals surface area contributed by atoms with Gasteiger partial charge < -0.3 is 48.3 Å². The molecule has 8 rings (SSSR count). The number of hydrogen-bond acceptors (Lipinski definition) is 10. The van der Waals surface area contributed by atoms with Crippen LogP contribution in [0.5, 0.6) is 46.0 Å². The minimum absolute atomic E-state index is 0.242. The fourth-order valence-corrected chi connectivity index (χ4v) is 8.94. The molecule has 0 saturated carbocycles. The van der Waals surface area contributed by atoms with Gasteiger partial charge in [0.1, 0.15) is 57.1 Å². The molecule has 12 heteroatoms. The molecular formula is C47H46N2O10. The zero-order valence-electron chi connectivity index (χ0n) is 34.3. The first-order valence-electron chi connectivity index (χ1n) is 19.2. The first-order chi connectivity index (χ1) is 28.7. The van der Waals surface area contributed by atoms with Crippen LogP contribution in [0.15, 0.2) is 84.9 Å². The van der Waals surface area contributed by atoms with Crippen LogP contribution in [-0.2, 0) is 12.8 Å². The Morgan fingerprint density at radius 1 is 0.424 bits per heavy atom. The van der Waals surface area contributed by atoms with Gasteiger partial charge >= 0.3 is 0 Å². The average molecular weight is 799 g/mol. The van der Waals surface area contributed by atoms with E-state index >= 15 is 10.4 Å². The van der Waals surface area contributed by atoms with E-state index in [1.165, 1.54) is 0 Å². The molecule has 0 aliphatic heterocycles. The van der Waals surface area contributed by atoms with E-state index in [4.69, 9.17) is 37.9 Å². The Kier molecular flexibility index (Phi) is 10.5. The summed E-state index contributed by atoms with van der Waals surface area (Å²) in [6.07, 6.45) is 1.45. The molecule has 304 valence electrons. The van der Waals surface area contributed by atoms with Crippen LogP contribution in [0.1, 0.15) is 40.8 Å². The van der Waals surface area contributed by atoms with Gasteiger partial charge in [0, 0.05) is 47.5 Å². The van der Waals surface area contributed by atoms with Crippen LogP contribution in [0.2, 0.25) is 0 Å². The van der Waals surface area contributed by atoms with Crippen LogP contribution in [0, 0.1) is 10.4 Å². The lowest BCUT2D eigenvalue weighted by Gasteiger charge is -2.37. The number of hydrogen-bond donors (Lipinski definition) is 0. The van der Waals surface area contributed by atoms with Crippen molar-refractivity contribution in [2.24, 2.45) is 0 Å². The van der Waals surface area contributed by atoms with Crippen LogP contribution in [-0.4, -0.2) is 56.9 Å². The molecule has 0 radical (unpaired) electrons. The van der Waals surface area contributed by atoms with E-state index in [0.29, 0.717) is 99.2 Å². The zero-order valence-corrected chi connectivity index (χ0v) is 34.3. The third kappa shape index (κ3) is 6.58. The number of methoxy groups -OCH3 is 8. The molecule has 2 heterocycles. The number of pyridine rings is 2. The van der Waals surface area contributed by atoms with Crippen LogP contribution >= 0.6 is 0 Å². The van der Waals surface area contributed by atoms with Crippen molar-refractivity contribution < 1.29 is 47.4 Å². The third-order valence-corrected chi connectivity index (χ3v) is 11.7. The molecule has 0 fully saturated rings. The van der Waals surface area contributed by atoms with Gasteiger partial charge in [-0.25, -0.2) is 0 Å². The zero-order chi connectivity index (χ0) is 41.5. The van der Waals surface area contributed by atoms with Gasteiger partial charge in [0.15, 0.2) is 0 Å². The molecule has 0 N–H and O–H groups in total. The number of rotatable bonds is 12. The molecule has 0 amide bonds. The van der Waals surface area contributed by atoms with Crippen LogP contribution in [0.3, 0.4) is 0 Å². The van der Waals surface area contributed by atoms with Gasteiger partial charge in [-0.15, -0.1) is 0 Å². The monoisotopic (exact) mass is 798 g/mol. The van der Waals surface area contributed by atoms with Gasteiger partial charge in [-0.05, 0) is 65.8 Å². The minimum Gasteiger partial charge on any atom is -0.618 e. The lowest BCUT2D eigenvalue weighted by atomic mass is 9.67. The van der Waals surface area contributed by atoms with Crippen molar-refractivity contribution in [1.82, 2.24) is 0 Å². The summed E-state index contributed by atoms with van der Waals surface area (Å²) in [5.41, 5.74) is 8.33. The Morgan fingerprint density at radius 2 is 0.746 bits per heavy atom. The van der Waals surface area contributed by atoms with Crippen molar-refractivity contribution in [3.63, 3.8) is 0 Å². The van der Waals surface area contributed by atoms with Crippen LogP contribution in [0.25, 0.3) is 44.8 Å². The second kappa shape index (κ2) is 15.8. The quantitative estimate of drug-likeness (QED) is 0.0886. The molecule has 59 heavy (non-hydrogen) atoms. The first kappa shape index (κ1) is 39.0. The van der Waals surface area contributed by atoms with E-state index in [2.05, 4.69) is 0 Å². The predicted molar refractivity (Wildman–Crippen MR) is 222 cm³/mol. The molecule has 2 aliphatic rings. The molecule has 0 spiro atoms. The third-order valence-electron chi connectivity index (χ3n) is 11.7. The van der Waals surface area contributed by atoms with Gasteiger partial charge in [0.25, 0.3) is 0 Å². The summed E-state index contributed by atoms with van der Waals surface area (Å²) in [5.74, 6) is 3.71.